The van der Waals surface area contributed by atoms with E-state index in [1.807, 2.05) is 58.0 Å². The summed E-state index contributed by atoms with van der Waals surface area (Å²) >= 11 is 7.69. The van der Waals surface area contributed by atoms with Crippen molar-refractivity contribution in [3.8, 4) is 39.0 Å². The van der Waals surface area contributed by atoms with Crippen molar-refractivity contribution in [3.05, 3.63) is 77.2 Å². The van der Waals surface area contributed by atoms with Crippen LogP contribution in [-0.4, -0.2) is 43.7 Å². The van der Waals surface area contributed by atoms with Crippen LogP contribution in [0.25, 0.3) is 43.2 Å². The molecule has 5 rings (SSSR count). The maximum absolute atomic E-state index is 12.6. The predicted octanol–water partition coefficient (Wildman–Crippen LogP) is 7.39. The van der Waals surface area contributed by atoms with Crippen LogP contribution in [0.2, 0.25) is 5.02 Å². The van der Waals surface area contributed by atoms with Crippen molar-refractivity contribution in [2.24, 2.45) is 0 Å². The van der Waals surface area contributed by atoms with Gasteiger partial charge in [0.15, 0.2) is 6.10 Å². The fourth-order valence-electron chi connectivity index (χ4n) is 4.44. The number of hydrogen-bond donors (Lipinski definition) is 1. The Morgan fingerprint density at radius 2 is 1.70 bits per heavy atom. The van der Waals surface area contributed by atoms with E-state index < -0.39 is 17.7 Å². The van der Waals surface area contributed by atoms with Gasteiger partial charge < -0.3 is 14.6 Å². The van der Waals surface area contributed by atoms with Crippen molar-refractivity contribution in [2.45, 2.75) is 39.4 Å². The van der Waals surface area contributed by atoms with Crippen molar-refractivity contribution in [1.82, 2.24) is 19.9 Å². The zero-order chi connectivity index (χ0) is 28.6. The standard InChI is InChI=1S/C30H27ClN4O4S/c1-16-12-22-26(24(17-6-8-20(31)9-7-17)23(16)25(28(36)37)39-30(2,3)4)40-27(35-22)18-10-11-32-21(13-18)19-14-33-29(38-5)34-15-19/h6-15,25H,1-5H3,(H,36,37). The van der Waals surface area contributed by atoms with Crippen LogP contribution in [0.5, 0.6) is 6.01 Å². The van der Waals surface area contributed by atoms with Gasteiger partial charge in [-0.25, -0.2) is 19.7 Å². The molecule has 0 saturated carbocycles. The number of carboxylic acids is 1. The van der Waals surface area contributed by atoms with Gasteiger partial charge in [0.25, 0.3) is 0 Å². The van der Waals surface area contributed by atoms with Crippen LogP contribution < -0.4 is 4.74 Å². The molecule has 10 heteroatoms. The van der Waals surface area contributed by atoms with E-state index >= 15 is 0 Å². The number of ether oxygens (including phenoxy) is 2. The van der Waals surface area contributed by atoms with Gasteiger partial charge in [-0.15, -0.1) is 11.3 Å². The van der Waals surface area contributed by atoms with Gasteiger partial charge in [0, 0.05) is 45.9 Å². The van der Waals surface area contributed by atoms with Crippen LogP contribution in [0.4, 0.5) is 0 Å². The SMILES string of the molecule is COc1ncc(-c2cc(-c3nc4cc(C)c(C(OC(C)(C)C)C(=O)O)c(-c5ccc(Cl)cc5)c4s3)ccn2)cn1. The molecule has 0 bridgehead atoms. The van der Waals surface area contributed by atoms with Crippen molar-refractivity contribution in [1.29, 1.82) is 0 Å². The molecule has 0 radical (unpaired) electrons. The lowest BCUT2D eigenvalue weighted by molar-refractivity contribution is -0.160. The highest BCUT2D eigenvalue weighted by atomic mass is 35.5. The number of pyridine rings is 1. The Balaban J connectivity index is 1.70. The molecule has 0 saturated heterocycles. The molecule has 0 amide bonds. The highest BCUT2D eigenvalue weighted by Gasteiger charge is 2.32. The number of carbonyl (C=O) groups is 1. The Morgan fingerprint density at radius 3 is 2.33 bits per heavy atom. The lowest BCUT2D eigenvalue weighted by Gasteiger charge is -2.28. The normalized spacial score (nSPS) is 12.4. The zero-order valence-corrected chi connectivity index (χ0v) is 24.2. The fraction of sp³-hybridized carbons (Fsp3) is 0.233. The quantitative estimate of drug-likeness (QED) is 0.214. The Labute approximate surface area is 240 Å². The summed E-state index contributed by atoms with van der Waals surface area (Å²) < 4.78 is 12.0. The number of rotatable bonds is 7. The first-order valence-electron chi connectivity index (χ1n) is 12.5. The van der Waals surface area contributed by atoms with Crippen LogP contribution >= 0.6 is 22.9 Å². The van der Waals surface area contributed by atoms with Crippen LogP contribution in [0.3, 0.4) is 0 Å². The number of aliphatic carboxylic acids is 1. The van der Waals surface area contributed by atoms with Crippen molar-refractivity contribution >= 4 is 39.1 Å². The number of methoxy groups -OCH3 is 1. The molecule has 1 N–H and O–H groups in total. The second-order valence-corrected chi connectivity index (χ2v) is 11.6. The summed E-state index contributed by atoms with van der Waals surface area (Å²) in [5.74, 6) is -1.06. The summed E-state index contributed by atoms with van der Waals surface area (Å²) in [6.45, 7) is 7.43. The van der Waals surface area contributed by atoms with Gasteiger partial charge in [-0.3, -0.25) is 4.98 Å². The number of aryl methyl sites for hydroxylation is 1. The third kappa shape index (κ3) is 5.67. The van der Waals surface area contributed by atoms with Crippen LogP contribution in [0, 0.1) is 6.92 Å². The number of aromatic nitrogens is 4. The zero-order valence-electron chi connectivity index (χ0n) is 22.6. The number of benzene rings is 2. The van der Waals surface area contributed by atoms with E-state index in [0.717, 1.165) is 43.0 Å². The second-order valence-electron chi connectivity index (χ2n) is 10.2. The molecule has 5 aromatic rings. The first-order chi connectivity index (χ1) is 19.0. The third-order valence-electron chi connectivity index (χ3n) is 6.13. The number of thiazole rings is 1. The van der Waals surface area contributed by atoms with Gasteiger partial charge in [0.2, 0.25) is 0 Å². The van der Waals surface area contributed by atoms with E-state index in [4.69, 9.17) is 26.1 Å². The lowest BCUT2D eigenvalue weighted by Crippen LogP contribution is -2.28. The molecule has 0 spiro atoms. The minimum Gasteiger partial charge on any atom is -0.479 e. The largest absolute Gasteiger partial charge is 0.479 e. The number of fused-ring (bicyclic) bond motifs is 1. The number of nitrogens with zero attached hydrogens (tertiary/aromatic N) is 4. The summed E-state index contributed by atoms with van der Waals surface area (Å²) in [7, 11) is 1.51. The lowest BCUT2D eigenvalue weighted by atomic mass is 9.91. The van der Waals surface area contributed by atoms with Gasteiger partial charge in [0.05, 0.1) is 28.6 Å². The van der Waals surface area contributed by atoms with E-state index in [9.17, 15) is 9.90 Å². The first-order valence-corrected chi connectivity index (χ1v) is 13.7. The number of hydrogen-bond acceptors (Lipinski definition) is 8. The summed E-state index contributed by atoms with van der Waals surface area (Å²) in [5.41, 5.74) is 5.35. The van der Waals surface area contributed by atoms with Crippen molar-refractivity contribution in [2.75, 3.05) is 7.11 Å². The topological polar surface area (TPSA) is 107 Å². The Kier molecular flexibility index (Phi) is 7.55. The monoisotopic (exact) mass is 574 g/mol. The molecular formula is C30H27ClN4O4S. The molecule has 0 aliphatic carbocycles. The highest BCUT2D eigenvalue weighted by Crippen LogP contribution is 2.44. The van der Waals surface area contributed by atoms with Crippen LogP contribution in [0.1, 0.15) is 38.0 Å². The summed E-state index contributed by atoms with van der Waals surface area (Å²) in [6, 6.07) is 13.4. The van der Waals surface area contributed by atoms with E-state index in [2.05, 4.69) is 15.0 Å². The smallest absolute Gasteiger partial charge is 0.337 e. The molecule has 0 fully saturated rings. The summed E-state index contributed by atoms with van der Waals surface area (Å²) in [5, 5.41) is 11.6. The third-order valence-corrected chi connectivity index (χ3v) is 7.52. The van der Waals surface area contributed by atoms with Crippen LogP contribution in [-0.2, 0) is 9.53 Å². The van der Waals surface area contributed by atoms with Gasteiger partial charge in [0.1, 0.15) is 5.01 Å². The maximum atomic E-state index is 12.6. The first kappa shape index (κ1) is 27.6. The van der Waals surface area contributed by atoms with Gasteiger partial charge in [-0.2, -0.15) is 0 Å². The predicted molar refractivity (Wildman–Crippen MR) is 157 cm³/mol. The summed E-state index contributed by atoms with van der Waals surface area (Å²) in [4.78, 5) is 30.4. The molecule has 1 atom stereocenters. The molecule has 40 heavy (non-hydrogen) atoms. The molecule has 0 aliphatic heterocycles. The van der Waals surface area contributed by atoms with E-state index in [1.54, 1.807) is 30.7 Å². The average Bonchev–Trinajstić information content (AvgIpc) is 3.35. The van der Waals surface area contributed by atoms with Gasteiger partial charge >= 0.3 is 12.0 Å². The minimum atomic E-state index is -1.18. The number of halogens is 1. The minimum absolute atomic E-state index is 0.280. The van der Waals surface area contributed by atoms with Crippen molar-refractivity contribution < 1.29 is 19.4 Å². The Morgan fingerprint density at radius 1 is 1.00 bits per heavy atom. The molecule has 0 aliphatic rings. The molecule has 3 heterocycles. The average molecular weight is 575 g/mol. The van der Waals surface area contributed by atoms with Gasteiger partial charge in [-0.05, 0) is 69.2 Å². The second kappa shape index (κ2) is 10.9. The molecule has 2 aromatic carbocycles. The molecule has 3 aromatic heterocycles. The van der Waals surface area contributed by atoms with Crippen LogP contribution in [0.15, 0.2) is 61.1 Å². The summed E-state index contributed by atoms with van der Waals surface area (Å²) in [6.07, 6.45) is 3.86. The number of carboxylic acid groups (broad SMARTS) is 1. The maximum Gasteiger partial charge on any atom is 0.337 e. The Bertz CT molecular complexity index is 1700. The molecule has 204 valence electrons. The molecular weight excluding hydrogens is 548 g/mol. The molecule has 8 nitrogen and oxygen atoms in total. The fourth-order valence-corrected chi connectivity index (χ4v) is 5.68. The van der Waals surface area contributed by atoms with E-state index in [0.29, 0.717) is 16.3 Å². The van der Waals surface area contributed by atoms with E-state index in [1.165, 1.54) is 18.4 Å². The molecule has 1 unspecified atom stereocenters. The van der Waals surface area contributed by atoms with Gasteiger partial charge in [-0.1, -0.05) is 23.7 Å². The Hall–Kier alpha value is -3.92. The highest BCUT2D eigenvalue weighted by molar-refractivity contribution is 7.22. The van der Waals surface area contributed by atoms with E-state index in [-0.39, 0.29) is 6.01 Å². The van der Waals surface area contributed by atoms with Crippen molar-refractivity contribution in [3.63, 3.8) is 0 Å².